The molecule has 2 fully saturated rings. The van der Waals surface area contributed by atoms with E-state index in [0.717, 1.165) is 37.8 Å². The number of pyridine rings is 1. The van der Waals surface area contributed by atoms with Crippen molar-refractivity contribution in [3.63, 3.8) is 0 Å². The second kappa shape index (κ2) is 16.0. The molecule has 0 saturated carbocycles. The summed E-state index contributed by atoms with van der Waals surface area (Å²) in [6, 6.07) is 17.3. The predicted molar refractivity (Wildman–Crippen MR) is 197 cm³/mol. The van der Waals surface area contributed by atoms with Crippen molar-refractivity contribution in [2.45, 2.75) is 38.0 Å². The molecule has 2 saturated heterocycles. The first kappa shape index (κ1) is 37.8. The summed E-state index contributed by atoms with van der Waals surface area (Å²) in [7, 11) is 4.90. The van der Waals surface area contributed by atoms with Crippen LogP contribution < -0.4 is 35.8 Å². The van der Waals surface area contributed by atoms with Crippen LogP contribution in [0.2, 0.25) is 0 Å². The fraction of sp³-hybridized carbons (Fsp3) is 0.316. The van der Waals surface area contributed by atoms with Gasteiger partial charge in [-0.3, -0.25) is 24.7 Å². The van der Waals surface area contributed by atoms with Gasteiger partial charge in [0, 0.05) is 81.0 Å². The zero-order chi connectivity index (χ0) is 38.6. The van der Waals surface area contributed by atoms with Crippen LogP contribution in [0.5, 0.6) is 5.75 Å². The molecule has 3 heterocycles. The number of carbonyl (C=O) groups is 3. The Labute approximate surface area is 309 Å². The number of nitrogens with zero attached hydrogens (tertiary/aromatic N) is 4. The molecular formula is C38H40F4N8O4. The predicted octanol–water partition coefficient (Wildman–Crippen LogP) is 6.64. The van der Waals surface area contributed by atoms with Gasteiger partial charge in [-0.2, -0.15) is 13.2 Å². The van der Waals surface area contributed by atoms with Crippen molar-refractivity contribution < 1.29 is 36.7 Å². The second-order valence-corrected chi connectivity index (χ2v) is 13.0. The molecule has 0 atom stereocenters. The maximum absolute atomic E-state index is 15.1. The van der Waals surface area contributed by atoms with Crippen molar-refractivity contribution in [2.75, 3.05) is 61.3 Å². The lowest BCUT2D eigenvalue weighted by Crippen LogP contribution is -2.49. The number of ether oxygens (including phenoxy) is 1. The highest BCUT2D eigenvalue weighted by atomic mass is 19.4. The van der Waals surface area contributed by atoms with Crippen LogP contribution in [0.15, 0.2) is 72.9 Å². The van der Waals surface area contributed by atoms with E-state index >= 15 is 4.39 Å². The number of nitrogens with one attached hydrogen (secondary N) is 4. The fourth-order valence-electron chi connectivity index (χ4n) is 6.65. The number of methoxy groups -OCH3 is 1. The number of anilines is 6. The Morgan fingerprint density at radius 1 is 0.963 bits per heavy atom. The van der Waals surface area contributed by atoms with Crippen LogP contribution in [-0.4, -0.2) is 74.6 Å². The highest BCUT2D eigenvalue weighted by molar-refractivity contribution is 6.05. The third kappa shape index (κ3) is 8.49. The summed E-state index contributed by atoms with van der Waals surface area (Å²) in [5.74, 6) is -0.647. The third-order valence-corrected chi connectivity index (χ3v) is 9.60. The number of carbonyl (C=O) groups excluding carboxylic acids is 3. The van der Waals surface area contributed by atoms with Crippen molar-refractivity contribution in [1.29, 1.82) is 0 Å². The van der Waals surface area contributed by atoms with E-state index in [9.17, 15) is 27.6 Å². The number of para-hydroxylation sites is 1. The minimum absolute atomic E-state index is 0.123. The number of amides is 4. The van der Waals surface area contributed by atoms with Gasteiger partial charge in [0.15, 0.2) is 0 Å². The molecule has 284 valence electrons. The topological polar surface area (TPSA) is 131 Å². The van der Waals surface area contributed by atoms with Crippen LogP contribution in [0.1, 0.15) is 40.7 Å². The maximum Gasteiger partial charge on any atom is 0.419 e. The maximum atomic E-state index is 15.1. The van der Waals surface area contributed by atoms with Gasteiger partial charge in [0.1, 0.15) is 17.4 Å². The Balaban J connectivity index is 1.10. The number of hydrogen-bond acceptors (Lipinski definition) is 9. The van der Waals surface area contributed by atoms with Gasteiger partial charge in [-0.15, -0.1) is 0 Å². The van der Waals surface area contributed by atoms with E-state index in [-0.39, 0.29) is 47.7 Å². The number of urea groups is 1. The van der Waals surface area contributed by atoms with Crippen LogP contribution in [-0.2, 0) is 17.5 Å². The molecule has 0 bridgehead atoms. The molecule has 2 aliphatic rings. The zero-order valence-electron chi connectivity index (χ0n) is 29.9. The Kier molecular flexibility index (Phi) is 11.2. The third-order valence-electron chi connectivity index (χ3n) is 9.60. The summed E-state index contributed by atoms with van der Waals surface area (Å²) in [5, 5.41) is 10.6. The summed E-state index contributed by atoms with van der Waals surface area (Å²) in [5.41, 5.74) is 1.38. The van der Waals surface area contributed by atoms with Crippen molar-refractivity contribution in [3.8, 4) is 5.75 Å². The second-order valence-electron chi connectivity index (χ2n) is 13.0. The molecule has 16 heteroatoms. The Hall–Kier alpha value is -5.90. The van der Waals surface area contributed by atoms with E-state index in [1.165, 1.54) is 43.3 Å². The summed E-state index contributed by atoms with van der Waals surface area (Å²) in [4.78, 5) is 45.7. The monoisotopic (exact) mass is 748 g/mol. The van der Waals surface area contributed by atoms with Gasteiger partial charge in [-0.1, -0.05) is 18.2 Å². The summed E-state index contributed by atoms with van der Waals surface area (Å²) >= 11 is 0. The van der Waals surface area contributed by atoms with E-state index in [1.807, 2.05) is 19.2 Å². The van der Waals surface area contributed by atoms with E-state index in [1.54, 1.807) is 30.3 Å². The minimum Gasteiger partial charge on any atom is -0.494 e. The minimum atomic E-state index is -4.71. The number of hydrogen-bond donors (Lipinski definition) is 4. The van der Waals surface area contributed by atoms with Gasteiger partial charge < -0.3 is 25.6 Å². The fourth-order valence-corrected chi connectivity index (χ4v) is 6.65. The number of alkyl halides is 3. The normalized spacial score (nSPS) is 15.3. The summed E-state index contributed by atoms with van der Waals surface area (Å²) < 4.78 is 62.8. The highest BCUT2D eigenvalue weighted by Crippen LogP contribution is 2.39. The molecule has 2 aliphatic heterocycles. The van der Waals surface area contributed by atoms with E-state index in [2.05, 4.69) is 36.1 Å². The summed E-state index contributed by atoms with van der Waals surface area (Å²) in [6.07, 6.45) is -2.19. The van der Waals surface area contributed by atoms with Crippen molar-refractivity contribution in [2.24, 2.45) is 0 Å². The number of piperidine rings is 1. The van der Waals surface area contributed by atoms with Crippen LogP contribution in [0, 0.1) is 5.82 Å². The molecule has 0 aliphatic carbocycles. The summed E-state index contributed by atoms with van der Waals surface area (Å²) in [6.45, 7) is 2.02. The first-order valence-electron chi connectivity index (χ1n) is 17.3. The van der Waals surface area contributed by atoms with Crippen molar-refractivity contribution in [3.05, 3.63) is 95.4 Å². The van der Waals surface area contributed by atoms with Crippen LogP contribution in [0.3, 0.4) is 0 Å². The zero-order valence-corrected chi connectivity index (χ0v) is 29.9. The van der Waals surface area contributed by atoms with Gasteiger partial charge >= 0.3 is 12.2 Å². The average Bonchev–Trinajstić information content (AvgIpc) is 3.15. The van der Waals surface area contributed by atoms with Crippen molar-refractivity contribution in [1.82, 2.24) is 20.5 Å². The number of halogens is 4. The van der Waals surface area contributed by atoms with E-state index < -0.39 is 29.5 Å². The molecule has 0 spiro atoms. The van der Waals surface area contributed by atoms with Crippen LogP contribution >= 0.6 is 0 Å². The molecule has 54 heavy (non-hydrogen) atoms. The molecule has 4 amide bonds. The van der Waals surface area contributed by atoms with E-state index in [4.69, 9.17) is 4.74 Å². The van der Waals surface area contributed by atoms with E-state index in [0.29, 0.717) is 29.2 Å². The lowest BCUT2D eigenvalue weighted by Gasteiger charge is -2.38. The van der Waals surface area contributed by atoms with Gasteiger partial charge in [0.05, 0.1) is 35.3 Å². The largest absolute Gasteiger partial charge is 0.494 e. The first-order chi connectivity index (χ1) is 25.8. The SMILES string of the molecule is CNC(=O)c1ccccc1Nc1cc(Nc2ccc(N3CCC(N(C)Cc4ccc(N5CCC(=O)NC5=O)cc4F)CC3)cc2OC)ncc1C(F)(F)F. The molecule has 0 unspecified atom stereocenters. The lowest BCUT2D eigenvalue weighted by atomic mass is 10.0. The molecule has 1 aromatic heterocycles. The molecule has 4 N–H and O–H groups in total. The van der Waals surface area contributed by atoms with Crippen molar-refractivity contribution >= 4 is 52.1 Å². The van der Waals surface area contributed by atoms with Crippen LogP contribution in [0.4, 0.5) is 56.6 Å². The number of rotatable bonds is 11. The smallest absolute Gasteiger partial charge is 0.419 e. The Morgan fingerprint density at radius 2 is 1.70 bits per heavy atom. The molecule has 4 aromatic rings. The Bertz CT molecular complexity index is 2040. The van der Waals surface area contributed by atoms with Gasteiger partial charge in [0.25, 0.3) is 5.91 Å². The number of benzene rings is 3. The first-order valence-corrected chi connectivity index (χ1v) is 17.3. The standard InChI is InChI=1S/C38H40F4N8O4/c1-43-36(52)27-6-4-5-7-30(27)45-32-20-34(44-21-28(32)38(40,41)42)46-31-11-10-25(19-33(31)54-3)49-15-12-24(13-16-49)48(2)22-23-8-9-26(18-29(23)39)50-17-14-35(51)47-37(50)53/h4-11,18-21,24H,12-17,22H2,1-3H3,(H,43,52)(H2,44,45,46)(H,47,51,53). The van der Waals surface area contributed by atoms with Gasteiger partial charge in [-0.25, -0.2) is 14.2 Å². The molecule has 6 rings (SSSR count). The molecular weight excluding hydrogens is 708 g/mol. The molecule has 12 nitrogen and oxygen atoms in total. The highest BCUT2D eigenvalue weighted by Gasteiger charge is 2.35. The molecule has 0 radical (unpaired) electrons. The van der Waals surface area contributed by atoms with Gasteiger partial charge in [-0.05, 0) is 56.3 Å². The number of aromatic nitrogens is 1. The molecule has 3 aromatic carbocycles. The quantitative estimate of drug-likeness (QED) is 0.125. The van der Waals surface area contributed by atoms with Crippen LogP contribution in [0.25, 0.3) is 0 Å². The average molecular weight is 749 g/mol. The lowest BCUT2D eigenvalue weighted by molar-refractivity contribution is -0.137. The Morgan fingerprint density at radius 3 is 2.39 bits per heavy atom. The number of imide groups is 1. The van der Waals surface area contributed by atoms with Gasteiger partial charge in [0.2, 0.25) is 5.91 Å².